The molecule has 0 aliphatic heterocycles. The van der Waals surface area contributed by atoms with Crippen LogP contribution in [0.25, 0.3) is 10.4 Å². The lowest BCUT2D eigenvalue weighted by molar-refractivity contribution is 0.873. The first-order valence-electron chi connectivity index (χ1n) is 5.63. The Hall–Kier alpha value is -1.22. The second-order valence-electron chi connectivity index (χ2n) is 3.49. The number of rotatable bonds is 2. The molecule has 2 rings (SSSR count). The van der Waals surface area contributed by atoms with E-state index in [-0.39, 0.29) is 0 Å². The molecule has 0 amide bonds. The lowest BCUT2D eigenvalue weighted by atomic mass is 10.0. The molecule has 3 heteroatoms. The molecule has 86 valence electrons. The summed E-state index contributed by atoms with van der Waals surface area (Å²) in [6.45, 7) is 8.42. The van der Waals surface area contributed by atoms with Gasteiger partial charge in [0.15, 0.2) is 0 Å². The molecular weight excluding hydrogens is 216 g/mol. The zero-order valence-corrected chi connectivity index (χ0v) is 11.1. The van der Waals surface area contributed by atoms with E-state index in [0.29, 0.717) is 5.92 Å². The first-order chi connectivity index (χ1) is 7.79. The SMILES string of the molecule is CC.CC(C)c1ccsc1-c1ccnnc1. The summed E-state index contributed by atoms with van der Waals surface area (Å²) in [6.07, 6.45) is 3.55. The van der Waals surface area contributed by atoms with Crippen molar-refractivity contribution >= 4 is 11.3 Å². The van der Waals surface area contributed by atoms with Crippen LogP contribution in [0.4, 0.5) is 0 Å². The van der Waals surface area contributed by atoms with Crippen LogP contribution >= 0.6 is 11.3 Å². The van der Waals surface area contributed by atoms with Crippen molar-refractivity contribution < 1.29 is 0 Å². The Bertz CT molecular complexity index is 407. The fourth-order valence-electron chi connectivity index (χ4n) is 1.43. The van der Waals surface area contributed by atoms with Gasteiger partial charge in [-0.3, -0.25) is 0 Å². The van der Waals surface area contributed by atoms with Crippen molar-refractivity contribution in [3.05, 3.63) is 35.5 Å². The molecule has 2 aromatic heterocycles. The maximum atomic E-state index is 3.90. The Morgan fingerprint density at radius 3 is 2.44 bits per heavy atom. The van der Waals surface area contributed by atoms with Crippen molar-refractivity contribution in [1.29, 1.82) is 0 Å². The third kappa shape index (κ3) is 2.89. The highest BCUT2D eigenvalue weighted by molar-refractivity contribution is 7.13. The van der Waals surface area contributed by atoms with E-state index in [1.807, 2.05) is 26.1 Å². The fraction of sp³-hybridized carbons (Fsp3) is 0.385. The average Bonchev–Trinajstić information content (AvgIpc) is 2.82. The molecule has 0 aliphatic carbocycles. The summed E-state index contributed by atoms with van der Waals surface area (Å²) in [4.78, 5) is 1.31. The first kappa shape index (κ1) is 12.8. The van der Waals surface area contributed by atoms with Gasteiger partial charge in [-0.05, 0) is 29.0 Å². The molecule has 2 heterocycles. The average molecular weight is 234 g/mol. The Kier molecular flexibility index (Phi) is 5.12. The van der Waals surface area contributed by atoms with Gasteiger partial charge in [-0.1, -0.05) is 27.7 Å². The summed E-state index contributed by atoms with van der Waals surface area (Å²) in [5, 5.41) is 9.81. The molecule has 0 fully saturated rings. The van der Waals surface area contributed by atoms with E-state index in [0.717, 1.165) is 0 Å². The van der Waals surface area contributed by atoms with Gasteiger partial charge in [0, 0.05) is 10.4 Å². The highest BCUT2D eigenvalue weighted by Gasteiger charge is 2.09. The summed E-state index contributed by atoms with van der Waals surface area (Å²) >= 11 is 1.76. The van der Waals surface area contributed by atoms with Crippen LogP contribution in [0.2, 0.25) is 0 Å². The number of nitrogens with zero attached hydrogens (tertiary/aromatic N) is 2. The predicted molar refractivity (Wildman–Crippen MR) is 70.8 cm³/mol. The van der Waals surface area contributed by atoms with Crippen molar-refractivity contribution in [2.75, 3.05) is 0 Å². The summed E-state index contributed by atoms with van der Waals surface area (Å²) in [6, 6.07) is 4.19. The zero-order valence-electron chi connectivity index (χ0n) is 10.3. The van der Waals surface area contributed by atoms with Crippen molar-refractivity contribution in [1.82, 2.24) is 10.2 Å². The molecule has 0 aromatic carbocycles. The molecule has 0 radical (unpaired) electrons. The minimum Gasteiger partial charge on any atom is -0.159 e. The normalized spacial score (nSPS) is 9.81. The van der Waals surface area contributed by atoms with Crippen LogP contribution in [0, 0.1) is 0 Å². The lowest BCUT2D eigenvalue weighted by Crippen LogP contribution is -1.87. The van der Waals surface area contributed by atoms with Crippen molar-refractivity contribution in [2.45, 2.75) is 33.6 Å². The van der Waals surface area contributed by atoms with Crippen LogP contribution in [0.3, 0.4) is 0 Å². The predicted octanol–water partition coefficient (Wildman–Crippen LogP) is 4.35. The van der Waals surface area contributed by atoms with Gasteiger partial charge in [-0.25, -0.2) is 0 Å². The molecule has 16 heavy (non-hydrogen) atoms. The summed E-state index contributed by atoms with van der Waals surface area (Å²) < 4.78 is 0. The van der Waals surface area contributed by atoms with E-state index in [1.165, 1.54) is 16.0 Å². The minimum atomic E-state index is 0.560. The number of aromatic nitrogens is 2. The Morgan fingerprint density at radius 2 is 1.88 bits per heavy atom. The van der Waals surface area contributed by atoms with Gasteiger partial charge in [0.05, 0.1) is 12.4 Å². The molecule has 0 N–H and O–H groups in total. The molecule has 0 spiro atoms. The van der Waals surface area contributed by atoms with Gasteiger partial charge in [0.1, 0.15) is 0 Å². The summed E-state index contributed by atoms with van der Waals surface area (Å²) in [5.74, 6) is 0.560. The van der Waals surface area contributed by atoms with Crippen LogP contribution in [0.15, 0.2) is 29.9 Å². The Balaban J connectivity index is 0.000000606. The molecule has 0 atom stereocenters. The van der Waals surface area contributed by atoms with Crippen molar-refractivity contribution in [3.63, 3.8) is 0 Å². The van der Waals surface area contributed by atoms with Crippen LogP contribution in [-0.4, -0.2) is 10.2 Å². The minimum absolute atomic E-state index is 0.560. The van der Waals surface area contributed by atoms with Crippen LogP contribution in [-0.2, 0) is 0 Å². The second kappa shape index (κ2) is 6.38. The fourth-order valence-corrected chi connectivity index (χ4v) is 2.48. The van der Waals surface area contributed by atoms with E-state index >= 15 is 0 Å². The topological polar surface area (TPSA) is 25.8 Å². The van der Waals surface area contributed by atoms with Crippen molar-refractivity contribution in [3.8, 4) is 10.4 Å². The summed E-state index contributed by atoms with van der Waals surface area (Å²) in [5.41, 5.74) is 2.56. The van der Waals surface area contributed by atoms with E-state index < -0.39 is 0 Å². The van der Waals surface area contributed by atoms with Crippen LogP contribution in [0.5, 0.6) is 0 Å². The lowest BCUT2D eigenvalue weighted by Gasteiger charge is -2.05. The van der Waals surface area contributed by atoms with Crippen LogP contribution in [0.1, 0.15) is 39.2 Å². The quantitative estimate of drug-likeness (QED) is 0.771. The smallest absolute Gasteiger partial charge is 0.0582 e. The second-order valence-corrected chi connectivity index (χ2v) is 4.41. The van der Waals surface area contributed by atoms with Gasteiger partial charge in [-0.2, -0.15) is 10.2 Å². The monoisotopic (exact) mass is 234 g/mol. The van der Waals surface area contributed by atoms with Crippen LogP contribution < -0.4 is 0 Å². The molecule has 0 saturated heterocycles. The van der Waals surface area contributed by atoms with E-state index in [1.54, 1.807) is 17.5 Å². The van der Waals surface area contributed by atoms with Gasteiger partial charge >= 0.3 is 0 Å². The molecule has 2 aromatic rings. The highest BCUT2D eigenvalue weighted by atomic mass is 32.1. The molecule has 0 bridgehead atoms. The third-order valence-electron chi connectivity index (χ3n) is 2.16. The summed E-state index contributed by atoms with van der Waals surface area (Å²) in [7, 11) is 0. The van der Waals surface area contributed by atoms with Gasteiger partial charge in [0.2, 0.25) is 0 Å². The Labute approximate surface area is 101 Å². The van der Waals surface area contributed by atoms with E-state index in [4.69, 9.17) is 0 Å². The van der Waals surface area contributed by atoms with E-state index in [9.17, 15) is 0 Å². The number of thiophene rings is 1. The molecule has 0 saturated carbocycles. The molecule has 2 nitrogen and oxygen atoms in total. The molecular formula is C13H18N2S. The van der Waals surface area contributed by atoms with Gasteiger partial charge in [0.25, 0.3) is 0 Å². The van der Waals surface area contributed by atoms with E-state index in [2.05, 4.69) is 35.5 Å². The first-order valence-corrected chi connectivity index (χ1v) is 6.51. The largest absolute Gasteiger partial charge is 0.159 e. The molecule has 0 unspecified atom stereocenters. The zero-order chi connectivity index (χ0) is 12.0. The maximum absolute atomic E-state index is 3.90. The number of hydrogen-bond donors (Lipinski definition) is 0. The molecule has 0 aliphatic rings. The Morgan fingerprint density at radius 1 is 1.12 bits per heavy atom. The van der Waals surface area contributed by atoms with Crippen molar-refractivity contribution in [2.24, 2.45) is 0 Å². The third-order valence-corrected chi connectivity index (χ3v) is 3.14. The highest BCUT2D eigenvalue weighted by Crippen LogP contribution is 2.33. The standard InChI is InChI=1S/C11H12N2S.C2H6/c1-8(2)10-4-6-14-11(10)9-3-5-12-13-7-9;1-2/h3-8H,1-2H3;1-2H3. The van der Waals surface area contributed by atoms with Gasteiger partial charge in [-0.15, -0.1) is 11.3 Å². The van der Waals surface area contributed by atoms with Gasteiger partial charge < -0.3 is 0 Å². The number of hydrogen-bond acceptors (Lipinski definition) is 3. The maximum Gasteiger partial charge on any atom is 0.0582 e.